The number of halogens is 1. The molecule has 2 unspecified atom stereocenters. The van der Waals surface area contributed by atoms with Gasteiger partial charge in [0.2, 0.25) is 10.0 Å². The molecule has 102 valence electrons. The zero-order valence-electron chi connectivity index (χ0n) is 10.3. The summed E-state index contributed by atoms with van der Waals surface area (Å²) in [6.07, 6.45) is 1.10. The maximum atomic E-state index is 12.4. The third-order valence-corrected chi connectivity index (χ3v) is 7.38. The summed E-state index contributed by atoms with van der Waals surface area (Å²) in [5, 5.41) is 9.05. The third-order valence-electron chi connectivity index (χ3n) is 3.32. The number of sulfonamides is 1. The highest BCUT2D eigenvalue weighted by atomic mass is 79.9. The zero-order chi connectivity index (χ0) is 13.5. The van der Waals surface area contributed by atoms with Crippen LogP contribution in [0.3, 0.4) is 0 Å². The average molecular weight is 354 g/mol. The topological polar surface area (TPSA) is 57.6 Å². The largest absolute Gasteiger partial charge is 0.391 e. The molecule has 0 aliphatic heterocycles. The highest BCUT2D eigenvalue weighted by Gasteiger charge is 2.36. The van der Waals surface area contributed by atoms with Crippen molar-refractivity contribution in [1.29, 1.82) is 0 Å². The standard InChI is InChI=1S/C11H16BrNO3S2/c1-7-3-8(7)5-13(2)18(15,16)10-4-9(6-14)17-11(10)12/h4,7-8,14H,3,5-6H2,1-2H3. The Morgan fingerprint density at radius 1 is 1.61 bits per heavy atom. The van der Waals surface area contributed by atoms with Gasteiger partial charge in [-0.1, -0.05) is 6.92 Å². The number of thiophene rings is 1. The van der Waals surface area contributed by atoms with Crippen LogP contribution >= 0.6 is 27.3 Å². The summed E-state index contributed by atoms with van der Waals surface area (Å²) < 4.78 is 26.7. The average Bonchev–Trinajstić information content (AvgIpc) is 2.85. The van der Waals surface area contributed by atoms with Crippen molar-refractivity contribution in [2.45, 2.75) is 24.8 Å². The Morgan fingerprint density at radius 2 is 2.22 bits per heavy atom. The first-order chi connectivity index (χ1) is 8.36. The van der Waals surface area contributed by atoms with Gasteiger partial charge in [0, 0.05) is 18.5 Å². The van der Waals surface area contributed by atoms with E-state index in [0.717, 1.165) is 6.42 Å². The minimum Gasteiger partial charge on any atom is -0.391 e. The molecule has 2 rings (SSSR count). The van der Waals surface area contributed by atoms with E-state index in [1.54, 1.807) is 7.05 Å². The summed E-state index contributed by atoms with van der Waals surface area (Å²) in [5.74, 6) is 1.11. The van der Waals surface area contributed by atoms with Gasteiger partial charge in [0.05, 0.1) is 10.4 Å². The number of rotatable bonds is 5. The molecule has 1 saturated carbocycles. The van der Waals surface area contributed by atoms with Crippen LogP contribution < -0.4 is 0 Å². The van der Waals surface area contributed by atoms with Crippen LogP contribution in [0.1, 0.15) is 18.2 Å². The molecule has 18 heavy (non-hydrogen) atoms. The van der Waals surface area contributed by atoms with Crippen LogP contribution in [0.4, 0.5) is 0 Å². The number of hydrogen-bond donors (Lipinski definition) is 1. The van der Waals surface area contributed by atoms with Crippen molar-refractivity contribution in [3.8, 4) is 0 Å². The van der Waals surface area contributed by atoms with Crippen LogP contribution in [0.5, 0.6) is 0 Å². The molecule has 0 aromatic carbocycles. The smallest absolute Gasteiger partial charge is 0.244 e. The first-order valence-electron chi connectivity index (χ1n) is 5.71. The van der Waals surface area contributed by atoms with Crippen molar-refractivity contribution in [2.24, 2.45) is 11.8 Å². The number of nitrogens with zero attached hydrogens (tertiary/aromatic N) is 1. The molecule has 1 aliphatic carbocycles. The number of aliphatic hydroxyl groups is 1. The van der Waals surface area contributed by atoms with Crippen LogP contribution in [-0.2, 0) is 16.6 Å². The Bertz CT molecular complexity index is 540. The Balaban J connectivity index is 2.20. The molecule has 2 atom stereocenters. The first kappa shape index (κ1) is 14.5. The highest BCUT2D eigenvalue weighted by molar-refractivity contribution is 9.11. The zero-order valence-corrected chi connectivity index (χ0v) is 13.5. The summed E-state index contributed by atoms with van der Waals surface area (Å²) >= 11 is 4.51. The quantitative estimate of drug-likeness (QED) is 0.883. The fraction of sp³-hybridized carbons (Fsp3) is 0.636. The van der Waals surface area contributed by atoms with Crippen LogP contribution in [0.2, 0.25) is 0 Å². The lowest BCUT2D eigenvalue weighted by molar-refractivity contribution is 0.285. The van der Waals surface area contributed by atoms with Gasteiger partial charge in [-0.15, -0.1) is 11.3 Å². The molecular formula is C11H16BrNO3S2. The van der Waals surface area contributed by atoms with Crippen LogP contribution in [0.25, 0.3) is 0 Å². The van der Waals surface area contributed by atoms with Crippen molar-refractivity contribution in [3.05, 3.63) is 14.7 Å². The fourth-order valence-electron chi connectivity index (χ4n) is 1.90. The minimum absolute atomic E-state index is 0.137. The highest BCUT2D eigenvalue weighted by Crippen LogP contribution is 2.40. The predicted octanol–water partition coefficient (Wildman–Crippen LogP) is 2.28. The number of hydrogen-bond acceptors (Lipinski definition) is 4. The van der Waals surface area contributed by atoms with E-state index in [4.69, 9.17) is 5.11 Å². The summed E-state index contributed by atoms with van der Waals surface area (Å²) in [7, 11) is -1.84. The minimum atomic E-state index is -3.45. The van der Waals surface area contributed by atoms with Gasteiger partial charge in [-0.2, -0.15) is 0 Å². The van der Waals surface area contributed by atoms with E-state index >= 15 is 0 Å². The van der Waals surface area contributed by atoms with Crippen molar-refractivity contribution < 1.29 is 13.5 Å². The molecule has 0 amide bonds. The maximum Gasteiger partial charge on any atom is 0.244 e. The molecule has 1 aromatic heterocycles. The monoisotopic (exact) mass is 353 g/mol. The lowest BCUT2D eigenvalue weighted by Crippen LogP contribution is -2.29. The second-order valence-corrected chi connectivity index (χ2v) is 9.24. The van der Waals surface area contributed by atoms with Crippen molar-refractivity contribution in [1.82, 2.24) is 4.31 Å². The second kappa shape index (κ2) is 5.20. The molecule has 1 heterocycles. The number of aliphatic hydroxyl groups excluding tert-OH is 1. The van der Waals surface area contributed by atoms with Gasteiger partial charge < -0.3 is 5.11 Å². The van der Waals surface area contributed by atoms with Crippen molar-refractivity contribution >= 4 is 37.3 Å². The van der Waals surface area contributed by atoms with Gasteiger partial charge in [-0.3, -0.25) is 0 Å². The van der Waals surface area contributed by atoms with E-state index in [0.29, 0.717) is 27.0 Å². The maximum absolute atomic E-state index is 12.4. The summed E-state index contributed by atoms with van der Waals surface area (Å²) in [6, 6.07) is 1.54. The molecule has 1 aliphatic rings. The molecule has 1 N–H and O–H groups in total. The van der Waals surface area contributed by atoms with Gasteiger partial charge in [0.1, 0.15) is 4.90 Å². The van der Waals surface area contributed by atoms with E-state index < -0.39 is 10.0 Å². The fourth-order valence-corrected chi connectivity index (χ4v) is 5.62. The lowest BCUT2D eigenvalue weighted by Gasteiger charge is -2.16. The molecule has 0 spiro atoms. The van der Waals surface area contributed by atoms with Crippen LogP contribution in [0.15, 0.2) is 14.7 Å². The third kappa shape index (κ3) is 2.80. The van der Waals surface area contributed by atoms with E-state index in [2.05, 4.69) is 22.9 Å². The summed E-state index contributed by atoms with van der Waals surface area (Å²) in [5.41, 5.74) is 0. The second-order valence-electron chi connectivity index (χ2n) is 4.77. The molecule has 1 fully saturated rings. The molecule has 7 heteroatoms. The van der Waals surface area contributed by atoms with Crippen molar-refractivity contribution in [3.63, 3.8) is 0 Å². The lowest BCUT2D eigenvalue weighted by atomic mass is 10.3. The normalized spacial score (nSPS) is 23.6. The predicted molar refractivity (Wildman–Crippen MR) is 75.0 cm³/mol. The van der Waals surface area contributed by atoms with E-state index in [1.165, 1.54) is 21.7 Å². The van der Waals surface area contributed by atoms with E-state index in [1.807, 2.05) is 0 Å². The van der Waals surface area contributed by atoms with E-state index in [9.17, 15) is 8.42 Å². The molecule has 0 radical (unpaired) electrons. The Hall–Kier alpha value is 0.0500. The molecular weight excluding hydrogens is 338 g/mol. The first-order valence-corrected chi connectivity index (χ1v) is 8.76. The molecule has 1 aromatic rings. The van der Waals surface area contributed by atoms with Gasteiger partial charge in [0.25, 0.3) is 0 Å². The Morgan fingerprint density at radius 3 is 2.67 bits per heavy atom. The van der Waals surface area contributed by atoms with Gasteiger partial charge >= 0.3 is 0 Å². The van der Waals surface area contributed by atoms with Crippen LogP contribution in [0, 0.1) is 11.8 Å². The van der Waals surface area contributed by atoms with E-state index in [-0.39, 0.29) is 11.5 Å². The Labute approximate surface area is 120 Å². The molecule has 0 bridgehead atoms. The van der Waals surface area contributed by atoms with Gasteiger partial charge in [-0.25, -0.2) is 12.7 Å². The van der Waals surface area contributed by atoms with Gasteiger partial charge in [-0.05, 0) is 40.3 Å². The summed E-state index contributed by atoms with van der Waals surface area (Å²) in [6.45, 7) is 2.57. The van der Waals surface area contributed by atoms with Crippen LogP contribution in [-0.4, -0.2) is 31.4 Å². The molecule has 4 nitrogen and oxygen atoms in total. The SMILES string of the molecule is CC1CC1CN(C)S(=O)(=O)c1cc(CO)sc1Br. The van der Waals surface area contributed by atoms with Crippen molar-refractivity contribution in [2.75, 3.05) is 13.6 Å². The summed E-state index contributed by atoms with van der Waals surface area (Å²) in [4.78, 5) is 0.904. The van der Waals surface area contributed by atoms with Gasteiger partial charge in [0.15, 0.2) is 0 Å². The Kier molecular flexibility index (Phi) is 4.18. The molecule has 0 saturated heterocycles.